The summed E-state index contributed by atoms with van der Waals surface area (Å²) in [5.74, 6) is -2.50. The van der Waals surface area contributed by atoms with E-state index in [1.807, 2.05) is 0 Å². The number of carboxylic acids is 2. The molecule has 0 saturated carbocycles. The second-order valence-corrected chi connectivity index (χ2v) is 4.80. The van der Waals surface area contributed by atoms with Crippen LogP contribution < -0.4 is 5.73 Å². The molecule has 2 atom stereocenters. The van der Waals surface area contributed by atoms with E-state index in [0.717, 1.165) is 0 Å². The third-order valence-electron chi connectivity index (χ3n) is 1.96. The van der Waals surface area contributed by atoms with Crippen LogP contribution in [0.3, 0.4) is 0 Å². The summed E-state index contributed by atoms with van der Waals surface area (Å²) < 4.78 is 4.69. The number of esters is 1. The van der Waals surface area contributed by atoms with Gasteiger partial charge in [0.25, 0.3) is 0 Å². The Kier molecular flexibility index (Phi) is 8.92. The molecule has 110 valence electrons. The fourth-order valence-corrected chi connectivity index (χ4v) is 1.82. The van der Waals surface area contributed by atoms with Gasteiger partial charge < -0.3 is 25.8 Å². The number of rotatable bonds is 10. The van der Waals surface area contributed by atoms with Gasteiger partial charge in [0.05, 0.1) is 13.0 Å². The minimum Gasteiger partial charge on any atom is -0.480 e. The van der Waals surface area contributed by atoms with Crippen LogP contribution in [-0.4, -0.2) is 63.5 Å². The Hall–Kier alpha value is -1.32. The summed E-state index contributed by atoms with van der Waals surface area (Å²) in [6.07, 6.45) is -1.85. The smallest absolute Gasteiger partial charge is 0.333 e. The quantitative estimate of drug-likeness (QED) is 0.291. The Morgan fingerprint density at radius 1 is 1.21 bits per heavy atom. The Morgan fingerprint density at radius 2 is 1.84 bits per heavy atom. The topological polar surface area (TPSA) is 147 Å². The van der Waals surface area contributed by atoms with E-state index >= 15 is 0 Å². The lowest BCUT2D eigenvalue weighted by Gasteiger charge is -2.07. The average Bonchev–Trinajstić information content (AvgIpc) is 2.32. The number of nitrogens with two attached hydrogens (primary N) is 1. The highest BCUT2D eigenvalue weighted by atomic mass is 32.2. The molecule has 2 unspecified atom stereocenters. The highest BCUT2D eigenvalue weighted by molar-refractivity contribution is 7.99. The first-order valence-electron chi connectivity index (χ1n) is 5.47. The van der Waals surface area contributed by atoms with Crippen molar-refractivity contribution < 1.29 is 34.4 Å². The van der Waals surface area contributed by atoms with Crippen LogP contribution in [0.4, 0.5) is 0 Å². The van der Waals surface area contributed by atoms with E-state index in [0.29, 0.717) is 12.2 Å². The molecule has 0 spiro atoms. The SMILES string of the molecule is NC(CSCCCOC(=O)CC(O)C(=O)O)C(=O)O. The van der Waals surface area contributed by atoms with E-state index < -0.39 is 36.5 Å². The van der Waals surface area contributed by atoms with Gasteiger partial charge in [0.15, 0.2) is 6.10 Å². The summed E-state index contributed by atoms with van der Waals surface area (Å²) in [6.45, 7) is 0.0838. The molecule has 9 heteroatoms. The molecule has 0 aliphatic rings. The molecule has 8 nitrogen and oxygen atoms in total. The third-order valence-corrected chi connectivity index (χ3v) is 3.13. The number of hydrogen-bond donors (Lipinski definition) is 4. The highest BCUT2D eigenvalue weighted by Gasteiger charge is 2.18. The zero-order chi connectivity index (χ0) is 14.8. The normalized spacial score (nSPS) is 13.6. The zero-order valence-electron chi connectivity index (χ0n) is 10.2. The predicted octanol–water partition coefficient (Wildman–Crippen LogP) is -1.10. The molecule has 0 amide bonds. The van der Waals surface area contributed by atoms with Crippen LogP contribution in [-0.2, 0) is 19.1 Å². The fraction of sp³-hybridized carbons (Fsp3) is 0.700. The van der Waals surface area contributed by atoms with Gasteiger partial charge in [0.2, 0.25) is 0 Å². The van der Waals surface area contributed by atoms with Crippen LogP contribution in [0.2, 0.25) is 0 Å². The number of carboxylic acid groups (broad SMARTS) is 2. The number of aliphatic hydroxyl groups excluding tert-OH is 1. The fourth-order valence-electron chi connectivity index (χ4n) is 0.933. The molecule has 0 aromatic rings. The molecule has 0 rings (SSSR count). The van der Waals surface area contributed by atoms with Crippen molar-refractivity contribution >= 4 is 29.7 Å². The Labute approximate surface area is 113 Å². The van der Waals surface area contributed by atoms with Crippen molar-refractivity contribution in [2.24, 2.45) is 5.73 Å². The molecule has 0 saturated heterocycles. The van der Waals surface area contributed by atoms with Crippen LogP contribution >= 0.6 is 11.8 Å². The van der Waals surface area contributed by atoms with Gasteiger partial charge in [-0.25, -0.2) is 4.79 Å². The van der Waals surface area contributed by atoms with Crippen molar-refractivity contribution in [3.63, 3.8) is 0 Å². The summed E-state index contributed by atoms with van der Waals surface area (Å²) in [4.78, 5) is 31.7. The van der Waals surface area contributed by atoms with Crippen molar-refractivity contribution in [1.82, 2.24) is 0 Å². The first-order valence-corrected chi connectivity index (χ1v) is 6.62. The minimum atomic E-state index is -1.75. The Balaban J connectivity index is 3.52. The van der Waals surface area contributed by atoms with Crippen molar-refractivity contribution in [3.05, 3.63) is 0 Å². The maximum Gasteiger partial charge on any atom is 0.333 e. The minimum absolute atomic E-state index is 0.0838. The van der Waals surface area contributed by atoms with Crippen molar-refractivity contribution in [1.29, 1.82) is 0 Å². The van der Waals surface area contributed by atoms with Crippen molar-refractivity contribution in [2.75, 3.05) is 18.1 Å². The molecule has 0 bridgehead atoms. The molecule has 5 N–H and O–H groups in total. The summed E-state index contributed by atoms with van der Waals surface area (Å²) in [5.41, 5.74) is 5.27. The van der Waals surface area contributed by atoms with Crippen molar-refractivity contribution in [2.45, 2.75) is 25.0 Å². The summed E-state index contributed by atoms with van der Waals surface area (Å²) in [7, 11) is 0. The molecule has 0 heterocycles. The first kappa shape index (κ1) is 17.7. The molecular formula is C10H17NO7S. The summed E-state index contributed by atoms with van der Waals surface area (Å²) >= 11 is 1.32. The van der Waals surface area contributed by atoms with Crippen LogP contribution in [0.15, 0.2) is 0 Å². The van der Waals surface area contributed by atoms with Crippen LogP contribution in [0.1, 0.15) is 12.8 Å². The number of thioether (sulfide) groups is 1. The van der Waals surface area contributed by atoms with Gasteiger partial charge in [-0.1, -0.05) is 0 Å². The van der Waals surface area contributed by atoms with Gasteiger partial charge in [-0.05, 0) is 12.2 Å². The molecule has 0 aliphatic carbocycles. The predicted molar refractivity (Wildman–Crippen MR) is 66.8 cm³/mol. The first-order chi connectivity index (χ1) is 8.84. The largest absolute Gasteiger partial charge is 0.480 e. The van der Waals surface area contributed by atoms with E-state index in [1.165, 1.54) is 11.8 Å². The second kappa shape index (κ2) is 9.59. The number of carbonyl (C=O) groups excluding carboxylic acids is 1. The monoisotopic (exact) mass is 295 g/mol. The Bertz CT molecular complexity index is 323. The maximum absolute atomic E-state index is 11.0. The van der Waals surface area contributed by atoms with Gasteiger partial charge in [0, 0.05) is 5.75 Å². The standard InChI is InChI=1S/C10H17NO7S/c11-6(9(14)15)5-19-3-1-2-18-8(13)4-7(12)10(16)17/h6-7,12H,1-5,11H2,(H,14,15)(H,16,17). The van der Waals surface area contributed by atoms with Gasteiger partial charge in [-0.15, -0.1) is 0 Å². The molecular weight excluding hydrogens is 278 g/mol. The number of carbonyl (C=O) groups is 3. The molecule has 0 aromatic heterocycles. The summed E-state index contributed by atoms with van der Waals surface area (Å²) in [5, 5.41) is 25.7. The average molecular weight is 295 g/mol. The van der Waals surface area contributed by atoms with E-state index in [2.05, 4.69) is 0 Å². The van der Waals surface area contributed by atoms with Gasteiger partial charge in [-0.3, -0.25) is 9.59 Å². The van der Waals surface area contributed by atoms with Crippen LogP contribution in [0.5, 0.6) is 0 Å². The number of aliphatic carboxylic acids is 2. The molecule has 0 aliphatic heterocycles. The third kappa shape index (κ3) is 9.28. The van der Waals surface area contributed by atoms with Crippen LogP contribution in [0.25, 0.3) is 0 Å². The summed E-state index contributed by atoms with van der Waals surface area (Å²) in [6, 6.07) is -0.918. The van der Waals surface area contributed by atoms with Gasteiger partial charge in [-0.2, -0.15) is 11.8 Å². The number of ether oxygens (including phenoxy) is 1. The molecule has 0 aromatic carbocycles. The lowest BCUT2D eigenvalue weighted by atomic mass is 10.2. The molecule has 19 heavy (non-hydrogen) atoms. The number of hydrogen-bond acceptors (Lipinski definition) is 7. The van der Waals surface area contributed by atoms with Crippen molar-refractivity contribution in [3.8, 4) is 0 Å². The highest BCUT2D eigenvalue weighted by Crippen LogP contribution is 2.05. The van der Waals surface area contributed by atoms with E-state index in [1.54, 1.807) is 0 Å². The van der Waals surface area contributed by atoms with E-state index in [4.69, 9.17) is 25.8 Å². The number of aliphatic hydroxyl groups is 1. The van der Waals surface area contributed by atoms with E-state index in [9.17, 15) is 14.4 Å². The zero-order valence-corrected chi connectivity index (χ0v) is 11.0. The van der Waals surface area contributed by atoms with E-state index in [-0.39, 0.29) is 12.4 Å². The van der Waals surface area contributed by atoms with Gasteiger partial charge in [0.1, 0.15) is 6.04 Å². The molecule has 0 radical (unpaired) electrons. The van der Waals surface area contributed by atoms with Gasteiger partial charge >= 0.3 is 17.9 Å². The maximum atomic E-state index is 11.0. The lowest BCUT2D eigenvalue weighted by molar-refractivity contribution is -0.155. The Morgan fingerprint density at radius 3 is 2.37 bits per heavy atom. The van der Waals surface area contributed by atoms with Crippen LogP contribution in [0, 0.1) is 0 Å². The molecule has 0 fully saturated rings. The lowest BCUT2D eigenvalue weighted by Crippen LogP contribution is -2.32. The second-order valence-electron chi connectivity index (χ2n) is 3.65.